The molecule has 0 fully saturated rings. The summed E-state index contributed by atoms with van der Waals surface area (Å²) in [5, 5.41) is 0. The Morgan fingerprint density at radius 3 is 2.23 bits per heavy atom. The maximum atomic E-state index is 10.5. The van der Waals surface area contributed by atoms with E-state index >= 15 is 0 Å². The van der Waals surface area contributed by atoms with Crippen LogP contribution in [0.3, 0.4) is 0 Å². The molecule has 124 valence electrons. The van der Waals surface area contributed by atoms with Gasteiger partial charge < -0.3 is 9.47 Å². The Bertz CT molecular complexity index is 432. The zero-order chi connectivity index (χ0) is 16.5. The number of benzene rings is 1. The van der Waals surface area contributed by atoms with Crippen LogP contribution in [0.4, 0.5) is 0 Å². The van der Waals surface area contributed by atoms with Crippen LogP contribution in [0, 0.1) is 0 Å². The molecule has 0 atom stereocenters. The minimum Gasteiger partial charge on any atom is -0.377 e. The molecule has 5 heteroatoms. The molecular formula is C17H27O4P. The summed E-state index contributed by atoms with van der Waals surface area (Å²) < 4.78 is 27.2. The fraction of sp³-hybridized carbons (Fsp3) is 0.647. The van der Waals surface area contributed by atoms with E-state index in [1.807, 2.05) is 32.0 Å². The van der Waals surface area contributed by atoms with Crippen LogP contribution in [-0.4, -0.2) is 24.4 Å². The van der Waals surface area contributed by atoms with E-state index in [1.54, 1.807) is 0 Å². The van der Waals surface area contributed by atoms with Gasteiger partial charge in [-0.1, -0.05) is 30.3 Å². The van der Waals surface area contributed by atoms with Gasteiger partial charge in [-0.3, -0.25) is 4.52 Å². The van der Waals surface area contributed by atoms with Gasteiger partial charge in [0.1, 0.15) is 0 Å². The Hall–Kier alpha value is -0.800. The normalized spacial score (nSPS) is 12.7. The molecule has 0 bridgehead atoms. The molecule has 1 aromatic carbocycles. The highest BCUT2D eigenvalue weighted by atomic mass is 31.1. The van der Waals surface area contributed by atoms with E-state index in [0.29, 0.717) is 26.2 Å². The van der Waals surface area contributed by atoms with E-state index in [9.17, 15) is 4.57 Å². The van der Waals surface area contributed by atoms with Gasteiger partial charge in [-0.05, 0) is 39.7 Å². The first kappa shape index (κ1) is 19.2. The van der Waals surface area contributed by atoms with Crippen molar-refractivity contribution < 1.29 is 18.6 Å². The molecule has 0 unspecified atom stereocenters. The quantitative estimate of drug-likeness (QED) is 0.433. The van der Waals surface area contributed by atoms with Crippen LogP contribution < -0.4 is 0 Å². The molecule has 0 N–H and O–H groups in total. The Morgan fingerprint density at radius 2 is 1.59 bits per heavy atom. The Labute approximate surface area is 135 Å². The molecule has 0 saturated carbocycles. The lowest BCUT2D eigenvalue weighted by Gasteiger charge is -2.28. The fourth-order valence-electron chi connectivity index (χ4n) is 1.87. The molecule has 22 heavy (non-hydrogen) atoms. The number of ether oxygens (including phenoxy) is 2. The summed E-state index contributed by atoms with van der Waals surface area (Å²) in [5.41, 5.74) is 0.488. The van der Waals surface area contributed by atoms with Crippen LogP contribution in [0.2, 0.25) is 0 Å². The summed E-state index contributed by atoms with van der Waals surface area (Å²) >= 11 is 0. The van der Waals surface area contributed by atoms with E-state index in [0.717, 1.165) is 6.42 Å². The predicted molar refractivity (Wildman–Crippen MR) is 88.1 cm³/mol. The molecule has 0 heterocycles. The van der Waals surface area contributed by atoms with Gasteiger partial charge in [0.05, 0.1) is 24.4 Å². The summed E-state index contributed by atoms with van der Waals surface area (Å²) in [5.74, 6) is 0. The third-order valence-corrected chi connectivity index (χ3v) is 4.01. The van der Waals surface area contributed by atoms with Gasteiger partial charge in [-0.25, -0.2) is 4.57 Å². The minimum atomic E-state index is -0.441. The second-order valence-corrected chi connectivity index (χ2v) is 6.90. The van der Waals surface area contributed by atoms with Gasteiger partial charge in [0.15, 0.2) is 0 Å². The minimum absolute atomic E-state index is 0.248. The van der Waals surface area contributed by atoms with Crippen molar-refractivity contribution in [1.29, 1.82) is 0 Å². The molecule has 0 aliphatic rings. The first-order chi connectivity index (χ1) is 10.3. The molecule has 0 saturated heterocycles. The largest absolute Gasteiger partial charge is 0.377 e. The summed E-state index contributed by atoms with van der Waals surface area (Å²) in [6.07, 6.45) is 1.51. The topological polar surface area (TPSA) is 44.8 Å². The molecule has 0 amide bonds. The first-order valence-corrected chi connectivity index (χ1v) is 8.34. The molecule has 0 radical (unpaired) electrons. The molecule has 0 aliphatic carbocycles. The summed E-state index contributed by atoms with van der Waals surface area (Å²) in [4.78, 5) is 0. The van der Waals surface area contributed by atoms with Gasteiger partial charge >= 0.3 is 8.69 Å². The van der Waals surface area contributed by atoms with E-state index in [1.165, 1.54) is 5.56 Å². The highest BCUT2D eigenvalue weighted by molar-refractivity contribution is 7.17. The Balaban J connectivity index is 2.19. The SMILES string of the molecule is CC(C)(CCOCc1ccccc1)OCCC(C)(C)OP=O. The summed E-state index contributed by atoms with van der Waals surface area (Å²) in [7, 11) is -0.288. The van der Waals surface area contributed by atoms with E-state index < -0.39 is 5.60 Å². The van der Waals surface area contributed by atoms with Crippen LogP contribution >= 0.6 is 8.69 Å². The average Bonchev–Trinajstić information content (AvgIpc) is 2.44. The monoisotopic (exact) mass is 326 g/mol. The lowest BCUT2D eigenvalue weighted by molar-refractivity contribution is -0.0574. The highest BCUT2D eigenvalue weighted by Crippen LogP contribution is 2.22. The van der Waals surface area contributed by atoms with E-state index in [2.05, 4.69) is 26.0 Å². The second kappa shape index (κ2) is 9.36. The van der Waals surface area contributed by atoms with Gasteiger partial charge in [0.25, 0.3) is 0 Å². The third kappa shape index (κ3) is 8.60. The standard InChI is InChI=1S/C17H27O4P/c1-16(2,20-13-11-17(3,4)21-22-18)10-12-19-14-15-8-6-5-7-9-15/h5-9H,10-14H2,1-4H3. The maximum Gasteiger partial charge on any atom is 0.327 e. The van der Waals surface area contributed by atoms with Crippen LogP contribution in [0.15, 0.2) is 30.3 Å². The maximum absolute atomic E-state index is 10.5. The summed E-state index contributed by atoms with van der Waals surface area (Å²) in [6.45, 7) is 9.75. The molecular weight excluding hydrogens is 299 g/mol. The van der Waals surface area contributed by atoms with E-state index in [4.69, 9.17) is 14.0 Å². The molecule has 1 rings (SSSR count). The molecule has 0 aliphatic heterocycles. The Kier molecular flexibility index (Phi) is 8.19. The number of hydrogen-bond donors (Lipinski definition) is 0. The fourth-order valence-corrected chi connectivity index (χ4v) is 2.17. The van der Waals surface area contributed by atoms with Crippen LogP contribution in [0.25, 0.3) is 0 Å². The van der Waals surface area contributed by atoms with Crippen LogP contribution in [-0.2, 0) is 25.2 Å². The predicted octanol–water partition coefficient (Wildman–Crippen LogP) is 4.78. The number of hydrogen-bond acceptors (Lipinski definition) is 4. The lowest BCUT2D eigenvalue weighted by Crippen LogP contribution is -2.30. The van der Waals surface area contributed by atoms with Crippen molar-refractivity contribution in [3.8, 4) is 0 Å². The average molecular weight is 326 g/mol. The van der Waals surface area contributed by atoms with Crippen molar-refractivity contribution in [2.75, 3.05) is 13.2 Å². The van der Waals surface area contributed by atoms with Gasteiger partial charge in [-0.15, -0.1) is 0 Å². The van der Waals surface area contributed by atoms with Crippen molar-refractivity contribution >= 4 is 8.69 Å². The van der Waals surface area contributed by atoms with E-state index in [-0.39, 0.29) is 14.3 Å². The van der Waals surface area contributed by atoms with Crippen molar-refractivity contribution in [2.45, 2.75) is 58.3 Å². The second-order valence-electron chi connectivity index (χ2n) is 6.57. The Morgan fingerprint density at radius 1 is 0.955 bits per heavy atom. The molecule has 4 nitrogen and oxygen atoms in total. The zero-order valence-corrected chi connectivity index (χ0v) is 14.9. The van der Waals surface area contributed by atoms with Gasteiger partial charge in [-0.2, -0.15) is 0 Å². The zero-order valence-electron chi connectivity index (χ0n) is 14.0. The van der Waals surface area contributed by atoms with Gasteiger partial charge in [0.2, 0.25) is 0 Å². The van der Waals surface area contributed by atoms with Crippen molar-refractivity contribution in [1.82, 2.24) is 0 Å². The van der Waals surface area contributed by atoms with Crippen molar-refractivity contribution in [2.24, 2.45) is 0 Å². The third-order valence-electron chi connectivity index (χ3n) is 3.44. The highest BCUT2D eigenvalue weighted by Gasteiger charge is 2.23. The molecule has 0 spiro atoms. The van der Waals surface area contributed by atoms with Crippen LogP contribution in [0.5, 0.6) is 0 Å². The lowest BCUT2D eigenvalue weighted by atomic mass is 10.0. The van der Waals surface area contributed by atoms with Crippen molar-refractivity contribution in [3.05, 3.63) is 35.9 Å². The smallest absolute Gasteiger partial charge is 0.327 e. The number of rotatable bonds is 11. The first-order valence-electron chi connectivity index (χ1n) is 7.61. The molecule has 0 aromatic heterocycles. The van der Waals surface area contributed by atoms with Crippen LogP contribution in [0.1, 0.15) is 46.1 Å². The van der Waals surface area contributed by atoms with Gasteiger partial charge in [0, 0.05) is 13.0 Å². The molecule has 1 aromatic rings. The van der Waals surface area contributed by atoms with Crippen molar-refractivity contribution in [3.63, 3.8) is 0 Å². The summed E-state index contributed by atoms with van der Waals surface area (Å²) in [6, 6.07) is 10.1.